The van der Waals surface area contributed by atoms with Crippen LogP contribution >= 0.6 is 11.6 Å². The first kappa shape index (κ1) is 11.7. The minimum absolute atomic E-state index is 0.527. The van der Waals surface area contributed by atoms with E-state index in [1.807, 2.05) is 24.3 Å². The molecule has 1 saturated heterocycles. The molecule has 0 bridgehead atoms. The van der Waals surface area contributed by atoms with Crippen molar-refractivity contribution < 1.29 is 0 Å². The normalized spacial score (nSPS) is 26.1. The molecular formula is C14H18ClN. The number of benzene rings is 1. The molecule has 2 unspecified atom stereocenters. The molecule has 0 saturated carbocycles. The zero-order chi connectivity index (χ0) is 11.4. The highest BCUT2D eigenvalue weighted by molar-refractivity contribution is 6.30. The Morgan fingerprint density at radius 2 is 2.00 bits per heavy atom. The standard InChI is InChI=1S/C14H18ClN/c1-11-3-2-4-14(16-11)10-7-12-5-8-13(15)9-6-12/h5-11,14,16H,2-4H2,1H3/b10-7+. The monoisotopic (exact) mass is 235 g/mol. The topological polar surface area (TPSA) is 12.0 Å². The largest absolute Gasteiger partial charge is 0.308 e. The molecule has 1 heterocycles. The summed E-state index contributed by atoms with van der Waals surface area (Å²) in [7, 11) is 0. The molecule has 1 aliphatic heterocycles. The van der Waals surface area contributed by atoms with Crippen molar-refractivity contribution in [3.63, 3.8) is 0 Å². The molecule has 0 amide bonds. The fraction of sp³-hybridized carbons (Fsp3) is 0.429. The van der Waals surface area contributed by atoms with Gasteiger partial charge in [0.2, 0.25) is 0 Å². The van der Waals surface area contributed by atoms with Gasteiger partial charge in [0.15, 0.2) is 0 Å². The van der Waals surface area contributed by atoms with E-state index in [2.05, 4.69) is 24.4 Å². The van der Waals surface area contributed by atoms with E-state index in [1.165, 1.54) is 24.8 Å². The van der Waals surface area contributed by atoms with Crippen LogP contribution < -0.4 is 5.32 Å². The maximum absolute atomic E-state index is 5.84. The minimum Gasteiger partial charge on any atom is -0.308 e. The van der Waals surface area contributed by atoms with E-state index in [-0.39, 0.29) is 0 Å². The van der Waals surface area contributed by atoms with Gasteiger partial charge in [0, 0.05) is 17.1 Å². The van der Waals surface area contributed by atoms with Crippen LogP contribution in [0.25, 0.3) is 6.08 Å². The zero-order valence-electron chi connectivity index (χ0n) is 9.62. The third kappa shape index (κ3) is 3.36. The highest BCUT2D eigenvalue weighted by Gasteiger charge is 2.14. The molecule has 2 rings (SSSR count). The summed E-state index contributed by atoms with van der Waals surface area (Å²) in [6, 6.07) is 9.12. The molecule has 0 spiro atoms. The van der Waals surface area contributed by atoms with E-state index >= 15 is 0 Å². The van der Waals surface area contributed by atoms with Crippen molar-refractivity contribution >= 4 is 17.7 Å². The SMILES string of the molecule is CC1CCCC(/C=C/c2ccc(Cl)cc2)N1. The second kappa shape index (κ2) is 5.51. The minimum atomic E-state index is 0.527. The number of hydrogen-bond donors (Lipinski definition) is 1. The molecule has 1 fully saturated rings. The third-order valence-corrected chi connectivity index (χ3v) is 3.29. The van der Waals surface area contributed by atoms with Crippen molar-refractivity contribution in [2.45, 2.75) is 38.3 Å². The van der Waals surface area contributed by atoms with Crippen LogP contribution in [-0.4, -0.2) is 12.1 Å². The van der Waals surface area contributed by atoms with Gasteiger partial charge in [-0.15, -0.1) is 0 Å². The Morgan fingerprint density at radius 1 is 1.25 bits per heavy atom. The van der Waals surface area contributed by atoms with Crippen molar-refractivity contribution in [1.29, 1.82) is 0 Å². The van der Waals surface area contributed by atoms with Crippen molar-refractivity contribution in [2.75, 3.05) is 0 Å². The predicted molar refractivity (Wildman–Crippen MR) is 70.7 cm³/mol. The lowest BCUT2D eigenvalue weighted by atomic mass is 9.99. The number of halogens is 1. The molecule has 16 heavy (non-hydrogen) atoms. The smallest absolute Gasteiger partial charge is 0.0406 e. The van der Waals surface area contributed by atoms with Gasteiger partial charge in [-0.25, -0.2) is 0 Å². The molecule has 0 aromatic heterocycles. The van der Waals surface area contributed by atoms with Gasteiger partial charge in [-0.05, 0) is 37.5 Å². The summed E-state index contributed by atoms with van der Waals surface area (Å²) >= 11 is 5.84. The van der Waals surface area contributed by atoms with Gasteiger partial charge in [-0.3, -0.25) is 0 Å². The Labute approximate surface area is 103 Å². The molecule has 0 radical (unpaired) electrons. The van der Waals surface area contributed by atoms with E-state index in [1.54, 1.807) is 0 Å². The summed E-state index contributed by atoms with van der Waals surface area (Å²) in [6.07, 6.45) is 8.30. The van der Waals surface area contributed by atoms with E-state index in [0.717, 1.165) is 5.02 Å². The second-order valence-electron chi connectivity index (χ2n) is 4.52. The van der Waals surface area contributed by atoms with Crippen LogP contribution in [0.1, 0.15) is 31.7 Å². The van der Waals surface area contributed by atoms with Crippen LogP contribution in [-0.2, 0) is 0 Å². The van der Waals surface area contributed by atoms with E-state index in [9.17, 15) is 0 Å². The average molecular weight is 236 g/mol. The van der Waals surface area contributed by atoms with Crippen molar-refractivity contribution in [1.82, 2.24) is 5.32 Å². The van der Waals surface area contributed by atoms with Gasteiger partial charge in [0.1, 0.15) is 0 Å². The summed E-state index contributed by atoms with van der Waals surface area (Å²) in [5.41, 5.74) is 1.21. The molecule has 1 aromatic carbocycles. The van der Waals surface area contributed by atoms with Gasteiger partial charge in [-0.2, -0.15) is 0 Å². The van der Waals surface area contributed by atoms with Gasteiger partial charge >= 0.3 is 0 Å². The molecule has 2 heteroatoms. The summed E-state index contributed by atoms with van der Waals surface area (Å²) in [5, 5.41) is 4.38. The number of piperidine rings is 1. The second-order valence-corrected chi connectivity index (χ2v) is 4.95. The van der Waals surface area contributed by atoms with Crippen LogP contribution in [0.5, 0.6) is 0 Å². The van der Waals surface area contributed by atoms with E-state index in [0.29, 0.717) is 12.1 Å². The van der Waals surface area contributed by atoms with Crippen LogP contribution in [0.3, 0.4) is 0 Å². The summed E-state index contributed by atoms with van der Waals surface area (Å²) in [6.45, 7) is 2.25. The molecule has 0 aliphatic carbocycles. The number of rotatable bonds is 2. The third-order valence-electron chi connectivity index (χ3n) is 3.04. The lowest BCUT2D eigenvalue weighted by molar-refractivity contribution is 0.375. The number of hydrogen-bond acceptors (Lipinski definition) is 1. The van der Waals surface area contributed by atoms with Gasteiger partial charge in [0.05, 0.1) is 0 Å². The van der Waals surface area contributed by atoms with Crippen LogP contribution in [0, 0.1) is 0 Å². The highest BCUT2D eigenvalue weighted by atomic mass is 35.5. The van der Waals surface area contributed by atoms with E-state index in [4.69, 9.17) is 11.6 Å². The lowest BCUT2D eigenvalue weighted by Gasteiger charge is -2.26. The maximum Gasteiger partial charge on any atom is 0.0406 e. The van der Waals surface area contributed by atoms with Crippen molar-refractivity contribution in [3.8, 4) is 0 Å². The molecule has 1 nitrogen and oxygen atoms in total. The van der Waals surface area contributed by atoms with Gasteiger partial charge in [0.25, 0.3) is 0 Å². The molecular weight excluding hydrogens is 218 g/mol. The first-order valence-corrected chi connectivity index (χ1v) is 6.31. The van der Waals surface area contributed by atoms with Crippen LogP contribution in [0.4, 0.5) is 0 Å². The van der Waals surface area contributed by atoms with Crippen LogP contribution in [0.15, 0.2) is 30.3 Å². The molecule has 1 aliphatic rings. The van der Waals surface area contributed by atoms with Crippen molar-refractivity contribution in [3.05, 3.63) is 40.9 Å². The lowest BCUT2D eigenvalue weighted by Crippen LogP contribution is -2.39. The van der Waals surface area contributed by atoms with Gasteiger partial charge < -0.3 is 5.32 Å². The first-order valence-electron chi connectivity index (χ1n) is 5.94. The summed E-state index contributed by atoms with van der Waals surface area (Å²) in [5.74, 6) is 0. The van der Waals surface area contributed by atoms with Crippen molar-refractivity contribution in [2.24, 2.45) is 0 Å². The van der Waals surface area contributed by atoms with Gasteiger partial charge in [-0.1, -0.05) is 42.3 Å². The number of nitrogens with one attached hydrogen (secondary N) is 1. The molecule has 1 N–H and O–H groups in total. The Hall–Kier alpha value is -0.790. The molecule has 86 valence electrons. The summed E-state index contributed by atoms with van der Waals surface area (Å²) < 4.78 is 0. The van der Waals surface area contributed by atoms with E-state index < -0.39 is 0 Å². The zero-order valence-corrected chi connectivity index (χ0v) is 10.4. The Morgan fingerprint density at radius 3 is 2.69 bits per heavy atom. The molecule has 2 atom stereocenters. The maximum atomic E-state index is 5.84. The fourth-order valence-electron chi connectivity index (χ4n) is 2.13. The Balaban J connectivity index is 1.95. The quantitative estimate of drug-likeness (QED) is 0.820. The Kier molecular flexibility index (Phi) is 4.03. The highest BCUT2D eigenvalue weighted by Crippen LogP contribution is 2.15. The van der Waals surface area contributed by atoms with Crippen LogP contribution in [0.2, 0.25) is 5.02 Å². The molecule has 1 aromatic rings. The first-order chi connectivity index (χ1) is 7.74. The summed E-state index contributed by atoms with van der Waals surface area (Å²) in [4.78, 5) is 0. The predicted octanol–water partition coefficient (Wildman–Crippen LogP) is 3.88. The average Bonchev–Trinajstić information content (AvgIpc) is 2.28. The Bertz CT molecular complexity index is 356. The fourth-order valence-corrected chi connectivity index (χ4v) is 2.25.